The first-order valence-electron chi connectivity index (χ1n) is 9.90. The maximum atomic E-state index is 10.8. The molecule has 0 saturated heterocycles. The van der Waals surface area contributed by atoms with E-state index < -0.39 is 53.2 Å². The van der Waals surface area contributed by atoms with Gasteiger partial charge in [0.1, 0.15) is 0 Å². The van der Waals surface area contributed by atoms with Crippen LogP contribution in [-0.2, 0) is 4.79 Å². The Morgan fingerprint density at radius 1 is 0.727 bits per heavy atom. The first-order valence-corrected chi connectivity index (χ1v) is 9.90. The van der Waals surface area contributed by atoms with E-state index in [4.69, 9.17) is 5.11 Å². The average Bonchev–Trinajstić information content (AvgIpc) is 2.67. The van der Waals surface area contributed by atoms with E-state index in [2.05, 4.69) is 0 Å². The van der Waals surface area contributed by atoms with Crippen molar-refractivity contribution in [3.05, 3.63) is 12.2 Å². The number of carboxylic acid groups (broad SMARTS) is 1. The van der Waals surface area contributed by atoms with Crippen LogP contribution in [-0.4, -0.2) is 118 Å². The average molecular weight is 490 g/mol. The van der Waals surface area contributed by atoms with Crippen LogP contribution in [0.5, 0.6) is 0 Å². The highest BCUT2D eigenvalue weighted by Crippen LogP contribution is 2.43. The number of carboxylic acids is 1. The van der Waals surface area contributed by atoms with E-state index in [9.17, 15) is 71.2 Å². The van der Waals surface area contributed by atoms with Crippen molar-refractivity contribution in [1.82, 2.24) is 0 Å². The maximum absolute atomic E-state index is 10.8. The first-order chi connectivity index (χ1) is 14.6. The summed E-state index contributed by atoms with van der Waals surface area (Å²) in [5, 5.41) is 134. The van der Waals surface area contributed by atoms with Gasteiger partial charge in [0.15, 0.2) is 0 Å². The molecule has 15 nitrogen and oxygen atoms in total. The van der Waals surface area contributed by atoms with Crippen LogP contribution in [0.1, 0.15) is 51.9 Å². The lowest BCUT2D eigenvalue weighted by atomic mass is 9.81. The lowest BCUT2D eigenvalue weighted by Crippen LogP contribution is -2.85. The molecule has 0 aromatic heterocycles. The van der Waals surface area contributed by atoms with Crippen LogP contribution in [0, 0.1) is 0 Å². The lowest BCUT2D eigenvalue weighted by molar-refractivity contribution is -0.556. The number of unbranched alkanes of at least 4 members (excludes halogenated alkanes) is 3. The van der Waals surface area contributed by atoms with Gasteiger partial charge in [-0.3, -0.25) is 0 Å². The summed E-state index contributed by atoms with van der Waals surface area (Å²) in [6.45, 7) is 2.00. The van der Waals surface area contributed by atoms with Crippen molar-refractivity contribution < 1.29 is 76.3 Å². The minimum absolute atomic E-state index is 0.0358. The molecule has 0 aromatic rings. The predicted octanol–water partition coefficient (Wildman–Crippen LogP) is -5.18. The monoisotopic (exact) mass is 490 g/mol. The molecule has 0 rings (SSSR count). The Morgan fingerprint density at radius 3 is 1.67 bits per heavy atom. The predicted molar refractivity (Wildman–Crippen MR) is 104 cm³/mol. The van der Waals surface area contributed by atoms with Crippen LogP contribution in [0.25, 0.3) is 0 Å². The van der Waals surface area contributed by atoms with Crippen LogP contribution in [0.3, 0.4) is 0 Å². The van der Waals surface area contributed by atoms with Crippen molar-refractivity contribution in [3.63, 3.8) is 0 Å². The second kappa shape index (κ2) is 11.0. The highest BCUT2D eigenvalue weighted by atomic mass is 16.7. The third-order valence-corrected chi connectivity index (χ3v) is 5.17. The van der Waals surface area contributed by atoms with E-state index in [1.165, 1.54) is 0 Å². The molecular weight excluding hydrogens is 456 g/mol. The molecule has 0 amide bonds. The zero-order chi connectivity index (χ0) is 26.5. The molecule has 0 aliphatic rings. The number of aliphatic hydroxyl groups excluding tert-OH is 1. The van der Waals surface area contributed by atoms with Crippen LogP contribution < -0.4 is 0 Å². The van der Waals surface area contributed by atoms with Crippen LogP contribution in [0.2, 0.25) is 0 Å². The van der Waals surface area contributed by atoms with E-state index >= 15 is 0 Å². The second-order valence-electron chi connectivity index (χ2n) is 7.90. The lowest BCUT2D eigenvalue weighted by Gasteiger charge is -2.51. The number of hydrogen-bond acceptors (Lipinski definition) is 14. The van der Waals surface area contributed by atoms with Crippen molar-refractivity contribution >= 4 is 5.97 Å². The third-order valence-electron chi connectivity index (χ3n) is 5.17. The van der Waals surface area contributed by atoms with Crippen molar-refractivity contribution in [1.29, 1.82) is 0 Å². The number of carbonyl (C=O) groups is 1. The Balaban J connectivity index is 5.58. The summed E-state index contributed by atoms with van der Waals surface area (Å²) in [5.74, 6) is -32.8. The van der Waals surface area contributed by atoms with Gasteiger partial charge in [-0.15, -0.1) is 0 Å². The molecule has 14 N–H and O–H groups in total. The summed E-state index contributed by atoms with van der Waals surface area (Å²) >= 11 is 0. The molecule has 0 saturated carbocycles. The van der Waals surface area contributed by atoms with Gasteiger partial charge in [-0.1, -0.05) is 44.8 Å². The van der Waals surface area contributed by atoms with Gasteiger partial charge >= 0.3 is 11.8 Å². The fourth-order valence-corrected chi connectivity index (χ4v) is 2.73. The molecule has 33 heavy (non-hydrogen) atoms. The molecular formula is C18H34O15. The SMILES string of the molecule is CCCCCCC(O)C/C=C\CC(O)(O)C(O)(O)C(O)(O)C(O)(O)C(O)(O)C(O)(O)C(=O)O. The topological polar surface area (TPSA) is 300 Å². The Kier molecular flexibility index (Phi) is 10.5. The molecule has 0 aliphatic heterocycles. The van der Waals surface area contributed by atoms with Gasteiger partial charge in [0, 0.05) is 6.42 Å². The van der Waals surface area contributed by atoms with Crippen LogP contribution in [0.15, 0.2) is 12.2 Å². The highest BCUT2D eigenvalue weighted by Gasteiger charge is 2.80. The van der Waals surface area contributed by atoms with Gasteiger partial charge < -0.3 is 71.5 Å². The summed E-state index contributed by atoms with van der Waals surface area (Å²) in [5.41, 5.74) is 0. The van der Waals surface area contributed by atoms with E-state index in [1.807, 2.05) is 6.92 Å². The number of aliphatic carboxylic acids is 1. The van der Waals surface area contributed by atoms with Crippen LogP contribution >= 0.6 is 0 Å². The normalized spacial score (nSPS) is 15.8. The van der Waals surface area contributed by atoms with Gasteiger partial charge in [-0.05, 0) is 12.8 Å². The molecule has 0 spiro atoms. The number of hydrogen-bond donors (Lipinski definition) is 14. The van der Waals surface area contributed by atoms with Crippen LogP contribution in [0.4, 0.5) is 0 Å². The van der Waals surface area contributed by atoms with Gasteiger partial charge in [0.05, 0.1) is 6.10 Å². The second-order valence-corrected chi connectivity index (χ2v) is 7.90. The standard InChI is InChI=1S/C18H34O15/c1-2-3-4-5-8-11(19)9-6-7-10-13(22,23)15(26,27)17(30,31)18(32,33)16(28,29)14(24,25)12(20)21/h6-7,11,19,22-33H,2-5,8-10H2,1H3,(H,20,21)/b7-6-. The zero-order valence-electron chi connectivity index (χ0n) is 17.9. The van der Waals surface area contributed by atoms with E-state index in [0.717, 1.165) is 31.4 Å². The first kappa shape index (κ1) is 31.7. The quantitative estimate of drug-likeness (QED) is 0.0579. The Morgan fingerprint density at radius 2 is 1.21 bits per heavy atom. The van der Waals surface area contributed by atoms with E-state index in [0.29, 0.717) is 12.8 Å². The summed E-state index contributed by atoms with van der Waals surface area (Å²) in [6, 6.07) is 0. The Bertz CT molecular complexity index is 666. The van der Waals surface area contributed by atoms with Crippen molar-refractivity contribution in [2.24, 2.45) is 0 Å². The Labute approximate surface area is 188 Å². The fraction of sp³-hybridized carbons (Fsp3) is 0.833. The molecule has 0 radical (unpaired) electrons. The summed E-state index contributed by atoms with van der Waals surface area (Å²) < 4.78 is 0. The van der Waals surface area contributed by atoms with Crippen molar-refractivity contribution in [2.45, 2.75) is 92.7 Å². The van der Waals surface area contributed by atoms with Crippen molar-refractivity contribution in [2.75, 3.05) is 0 Å². The molecule has 1 unspecified atom stereocenters. The smallest absolute Gasteiger partial charge is 0.370 e. The number of aliphatic hydroxyl groups is 13. The van der Waals surface area contributed by atoms with E-state index in [1.54, 1.807) is 0 Å². The summed E-state index contributed by atoms with van der Waals surface area (Å²) in [6.07, 6.45) is 3.75. The largest absolute Gasteiger partial charge is 0.477 e. The fourth-order valence-electron chi connectivity index (χ4n) is 2.73. The maximum Gasteiger partial charge on any atom is 0.370 e. The summed E-state index contributed by atoms with van der Waals surface area (Å²) in [4.78, 5) is 10.8. The summed E-state index contributed by atoms with van der Waals surface area (Å²) in [7, 11) is 0. The van der Waals surface area contributed by atoms with Gasteiger partial charge in [0.25, 0.3) is 23.1 Å². The Hall–Kier alpha value is -1.31. The molecule has 0 aromatic carbocycles. The molecule has 15 heteroatoms. The molecule has 0 aliphatic carbocycles. The minimum Gasteiger partial charge on any atom is -0.477 e. The molecule has 0 fully saturated rings. The third kappa shape index (κ3) is 6.23. The van der Waals surface area contributed by atoms with Crippen molar-refractivity contribution in [3.8, 4) is 0 Å². The number of rotatable bonds is 15. The highest BCUT2D eigenvalue weighted by molar-refractivity contribution is 5.76. The molecule has 1 atom stereocenters. The minimum atomic E-state index is -5.36. The molecule has 0 bridgehead atoms. The molecule has 196 valence electrons. The van der Waals surface area contributed by atoms with Gasteiger partial charge in [-0.25, -0.2) is 4.79 Å². The van der Waals surface area contributed by atoms with Gasteiger partial charge in [0.2, 0.25) is 5.79 Å². The molecule has 0 heterocycles. The van der Waals surface area contributed by atoms with Gasteiger partial charge in [-0.2, -0.15) is 0 Å². The zero-order valence-corrected chi connectivity index (χ0v) is 17.9. The van der Waals surface area contributed by atoms with E-state index in [-0.39, 0.29) is 6.42 Å².